The van der Waals surface area contributed by atoms with Gasteiger partial charge in [-0.05, 0) is 99.1 Å². The topological polar surface area (TPSA) is 122 Å². The Bertz CT molecular complexity index is 4470. The Hall–Kier alpha value is -9.78. The number of carbonyl (C=O) groups excluding carboxylic acids is 2. The van der Waals surface area contributed by atoms with E-state index in [1.165, 1.54) is 34.0 Å². The minimum Gasteiger partial charge on any atom is -0.361 e. The Labute approximate surface area is 530 Å². The van der Waals surface area contributed by atoms with Crippen molar-refractivity contribution in [1.82, 2.24) is 33.8 Å². The highest BCUT2D eigenvalue weighted by molar-refractivity contribution is 6.00. The fourth-order valence-electron chi connectivity index (χ4n) is 17.0. The molecular weight excluding hydrogens is 1110 g/mol. The molecule has 0 N–H and O–H groups in total. The van der Waals surface area contributed by atoms with Gasteiger partial charge in [0.1, 0.15) is 23.2 Å². The third-order valence-electron chi connectivity index (χ3n) is 21.4. The Balaban J connectivity index is 0.000000124. The molecule has 6 aliphatic carbocycles. The molecule has 0 radical (unpaired) electrons. The average Bonchev–Trinajstić information content (AvgIpc) is 1.38. The molecule has 90 heavy (non-hydrogen) atoms. The average molecular weight is 1190 g/mol. The van der Waals surface area contributed by atoms with Crippen molar-refractivity contribution < 1.29 is 17.1 Å². The minimum atomic E-state index is -0.561. The van der Waals surface area contributed by atoms with Crippen LogP contribution in [0.25, 0.3) is 60.9 Å². The van der Waals surface area contributed by atoms with E-state index >= 15 is 0 Å². The van der Waals surface area contributed by atoms with Gasteiger partial charge in [-0.3, -0.25) is 18.5 Å². The smallest absolute Gasteiger partial charge is 0.282 e. The zero-order valence-electron chi connectivity index (χ0n) is 53.9. The summed E-state index contributed by atoms with van der Waals surface area (Å²) >= 11 is 0. The molecule has 10 atom stereocenters. The van der Waals surface area contributed by atoms with Crippen molar-refractivity contribution in [2.45, 2.75) is 121 Å². The second-order valence-electron chi connectivity index (χ2n) is 26.4. The van der Waals surface area contributed by atoms with Crippen molar-refractivity contribution >= 4 is 11.6 Å². The van der Waals surface area contributed by atoms with Crippen LogP contribution in [0.2, 0.25) is 0 Å². The van der Waals surface area contributed by atoms with Crippen LogP contribution in [0, 0.1) is 42.7 Å². The van der Waals surface area contributed by atoms with Gasteiger partial charge in [0.05, 0.1) is 29.9 Å². The fourth-order valence-corrected chi connectivity index (χ4v) is 17.0. The number of hydrogen-bond acceptors (Lipinski definition) is 7. The number of allylic oxidation sites excluding steroid dienone is 2. The molecule has 16 rings (SSSR count). The fraction of sp³-hybridized carbons (Fsp3) is 0.308. The van der Waals surface area contributed by atoms with Gasteiger partial charge in [-0.2, -0.15) is 0 Å². The van der Waals surface area contributed by atoms with Gasteiger partial charge in [0.2, 0.25) is 11.5 Å². The van der Waals surface area contributed by atoms with Gasteiger partial charge in [0.25, 0.3) is 6.04 Å². The molecule has 0 saturated heterocycles. The normalized spacial score (nSPS) is 26.0. The maximum Gasteiger partial charge on any atom is 0.282 e. The second kappa shape index (κ2) is 23.0. The number of aromatic nitrogens is 7. The van der Waals surface area contributed by atoms with Gasteiger partial charge in [-0.25, -0.2) is 26.4 Å². The van der Waals surface area contributed by atoms with E-state index in [0.717, 1.165) is 108 Å². The molecule has 6 aliphatic rings. The lowest BCUT2D eigenvalue weighted by Gasteiger charge is -2.46. The van der Waals surface area contributed by atoms with Crippen molar-refractivity contribution in [2.24, 2.45) is 29.6 Å². The van der Waals surface area contributed by atoms with Crippen molar-refractivity contribution in [3.05, 3.63) is 268 Å². The van der Waals surface area contributed by atoms with Crippen LogP contribution in [0.1, 0.15) is 122 Å². The summed E-state index contributed by atoms with van der Waals surface area (Å²) in [6, 6.07) is 61.9. The van der Waals surface area contributed by atoms with Crippen LogP contribution in [0.4, 0.5) is 0 Å². The van der Waals surface area contributed by atoms with Crippen LogP contribution in [0.15, 0.2) is 204 Å². The zero-order valence-corrected chi connectivity index (χ0v) is 51.9. The molecule has 1 saturated carbocycles. The van der Waals surface area contributed by atoms with Crippen LogP contribution in [-0.4, -0.2) is 51.4 Å². The number of carbonyl (C=O) groups is 2. The molecule has 12 nitrogen and oxygen atoms in total. The monoisotopic (exact) mass is 1190 g/mol. The Morgan fingerprint density at radius 2 is 0.922 bits per heavy atom. The van der Waals surface area contributed by atoms with E-state index < -0.39 is 11.5 Å². The number of fused-ring (bicyclic) bond motifs is 10. The minimum absolute atomic E-state index is 0.0187. The molecule has 4 heterocycles. The third-order valence-corrected chi connectivity index (χ3v) is 21.4. The summed E-state index contributed by atoms with van der Waals surface area (Å²) in [7, 11) is 0. The molecular formula is C78H75N9O3. The number of imidazole rings is 3. The van der Waals surface area contributed by atoms with E-state index in [-0.39, 0.29) is 51.8 Å². The number of ketones is 2. The van der Waals surface area contributed by atoms with E-state index in [1.807, 2.05) is 86.8 Å². The van der Waals surface area contributed by atoms with Gasteiger partial charge >= 0.3 is 0 Å². The van der Waals surface area contributed by atoms with Gasteiger partial charge in [0.15, 0.2) is 5.78 Å². The van der Waals surface area contributed by atoms with Gasteiger partial charge in [0, 0.05) is 99.8 Å². The summed E-state index contributed by atoms with van der Waals surface area (Å²) in [6.45, 7) is 28.2. The summed E-state index contributed by atoms with van der Waals surface area (Å²) in [4.78, 5) is 48.4. The highest BCUT2D eigenvalue weighted by Crippen LogP contribution is 2.56. The number of nitrogens with zero attached hydrogens (tertiary/aromatic N) is 9. The highest BCUT2D eigenvalue weighted by Gasteiger charge is 2.57. The SMILES string of the molecule is C[C@@H]1c2oncc2C[C@]2(C)c3nc(-c4ccccc4)n(-c4ccccc4)c3CC[C@@H]12.[3H][3H].[C-]#[N+]C1=C[C@]2(C)c3nc(-c4ccccc4)n(-c4ccccc4)c3CC[C@H]2[C@H](C)C1=O.[C-]#[N+]C1C[C@]2(C)c3nc(-c4ccccc4)n(-c4ccccc4)c3CC[C@H]2[C@H](C)C1=O. The maximum atomic E-state index is 12.7. The molecule has 1 unspecified atom stereocenters. The Kier molecular flexibility index (Phi) is 14.5. The molecule has 0 bridgehead atoms. The van der Waals surface area contributed by atoms with Gasteiger partial charge in [-0.15, -0.1) is 0 Å². The number of Topliss-reactive ketones (excluding diaryl/α,β-unsaturated/α-hetero) is 2. The van der Waals surface area contributed by atoms with Crippen LogP contribution in [-0.2, 0) is 51.5 Å². The first-order valence-corrected chi connectivity index (χ1v) is 31.9. The van der Waals surface area contributed by atoms with Crippen molar-refractivity contribution in [2.75, 3.05) is 0 Å². The molecule has 0 spiro atoms. The summed E-state index contributed by atoms with van der Waals surface area (Å²) in [5, 5.41) is 4.12. The van der Waals surface area contributed by atoms with E-state index in [0.29, 0.717) is 18.3 Å². The summed E-state index contributed by atoms with van der Waals surface area (Å²) < 4.78 is 22.6. The second-order valence-corrected chi connectivity index (χ2v) is 26.4. The van der Waals surface area contributed by atoms with E-state index in [2.05, 4.69) is 178 Å². The van der Waals surface area contributed by atoms with E-state index in [9.17, 15) is 9.59 Å². The maximum absolute atomic E-state index is 12.7. The first kappa shape index (κ1) is 56.7. The van der Waals surface area contributed by atoms with E-state index in [4.69, 9.17) is 35.6 Å². The first-order valence-electron chi connectivity index (χ1n) is 32.9. The van der Waals surface area contributed by atoms with E-state index in [1.54, 1.807) is 0 Å². The lowest BCUT2D eigenvalue weighted by Crippen LogP contribution is -2.51. The molecule has 4 aromatic heterocycles. The zero-order chi connectivity index (χ0) is 64.1. The van der Waals surface area contributed by atoms with Crippen molar-refractivity contribution in [1.29, 1.82) is 0 Å². The van der Waals surface area contributed by atoms with Gasteiger partial charge in [-0.1, -0.05) is 198 Å². The van der Waals surface area contributed by atoms with Crippen molar-refractivity contribution in [3.63, 3.8) is 0 Å². The largest absolute Gasteiger partial charge is 0.361 e. The van der Waals surface area contributed by atoms with Gasteiger partial charge < -0.3 is 14.2 Å². The lowest BCUT2D eigenvalue weighted by atomic mass is 9.56. The van der Waals surface area contributed by atoms with Crippen LogP contribution >= 0.6 is 0 Å². The summed E-state index contributed by atoms with van der Waals surface area (Å²) in [6.07, 6.45) is 11.1. The molecule has 10 aromatic rings. The van der Waals surface area contributed by atoms with Crippen LogP contribution in [0.3, 0.4) is 0 Å². The Morgan fingerprint density at radius 1 is 0.522 bits per heavy atom. The predicted molar refractivity (Wildman–Crippen MR) is 353 cm³/mol. The lowest BCUT2D eigenvalue weighted by molar-refractivity contribution is -0.129. The number of hydrogen-bond donors (Lipinski definition) is 0. The Morgan fingerprint density at radius 3 is 1.37 bits per heavy atom. The van der Waals surface area contributed by atoms with Crippen molar-refractivity contribution in [3.8, 4) is 51.2 Å². The first-order chi connectivity index (χ1) is 44.7. The summed E-state index contributed by atoms with van der Waals surface area (Å²) in [5.41, 5.74) is 14.5. The standard InChI is InChI=1S/2C26H25N3O.C26H23N3O.H2/c1-17-21-13-14-22-24(26(21,2)15-19-16-27-30-23(17)19)28-25(18-9-5-3-6-10-18)29(22)20-11-7-4-8-12-20;2*1-17-20-14-15-22-24(26(20,2)16-21(27-3)23(17)30)28-25(18-10-6-4-7-11-18)29(22)19-12-8-5-9-13-19;/h3-12,16-17,21H,13-15H2,1-2H3;4-13,17,20-21H,14-16H2,1-2H3;4-13,16-17,20H,14-15H2,1-2H3;1H/t17-,21-,26-;17-,20-,21?,26-;17-,20-,26-;/m000./s1/i;;;1+2T. The number of rotatable bonds is 6. The number of para-hydroxylation sites is 3. The van der Waals surface area contributed by atoms with Crippen LogP contribution < -0.4 is 0 Å². The number of benzene rings is 6. The molecule has 12 heteroatoms. The summed E-state index contributed by atoms with van der Waals surface area (Å²) in [5.74, 6) is 5.05. The quantitative estimate of drug-likeness (QED) is 0.152. The van der Waals surface area contributed by atoms with Crippen LogP contribution in [0.5, 0.6) is 0 Å². The molecule has 6 aromatic carbocycles. The molecule has 0 amide bonds. The molecule has 1 fully saturated rings. The molecule has 0 aliphatic heterocycles. The molecule has 450 valence electrons. The predicted octanol–water partition coefficient (Wildman–Crippen LogP) is 16.6. The highest BCUT2D eigenvalue weighted by atomic mass is 16.5. The third kappa shape index (κ3) is 9.45.